The molecule has 2 saturated heterocycles. The quantitative estimate of drug-likeness (QED) is 0.155. The van der Waals surface area contributed by atoms with Crippen molar-refractivity contribution in [2.24, 2.45) is 5.73 Å². The van der Waals surface area contributed by atoms with Crippen molar-refractivity contribution in [3.63, 3.8) is 0 Å². The number of carbonyl (C=O) groups excluding carboxylic acids is 4. The molecule has 2 aliphatic rings. The summed E-state index contributed by atoms with van der Waals surface area (Å²) in [4.78, 5) is 49.5. The number of amides is 4. The van der Waals surface area contributed by atoms with Gasteiger partial charge in [-0.1, -0.05) is 12.1 Å². The van der Waals surface area contributed by atoms with E-state index in [0.717, 1.165) is 4.90 Å². The van der Waals surface area contributed by atoms with Crippen LogP contribution in [-0.4, -0.2) is 71.4 Å². The third kappa shape index (κ3) is 6.16. The van der Waals surface area contributed by atoms with E-state index >= 15 is 0 Å². The number of nitrogens with one attached hydrogen (secondary N) is 2. The summed E-state index contributed by atoms with van der Waals surface area (Å²) in [6, 6.07) is 2.89. The second-order valence-corrected chi connectivity index (χ2v) is 8.58. The number of hydrogen-bond donors (Lipinski definition) is 4. The molecule has 33 heavy (non-hydrogen) atoms. The van der Waals surface area contributed by atoms with Crippen molar-refractivity contribution >= 4 is 34.2 Å². The van der Waals surface area contributed by atoms with E-state index in [1.54, 1.807) is 12.1 Å². The molecule has 2 bridgehead atoms. The van der Waals surface area contributed by atoms with Crippen LogP contribution in [0.4, 0.5) is 4.79 Å². The number of carbonyl (C=O) groups is 4. The molecule has 2 heterocycles. The Morgan fingerprint density at radius 1 is 1.21 bits per heavy atom. The number of esters is 1. The van der Waals surface area contributed by atoms with Gasteiger partial charge in [0.2, 0.25) is 5.91 Å². The first kappa shape index (κ1) is 24.4. The Labute approximate surface area is 188 Å². The predicted molar refractivity (Wildman–Crippen MR) is 109 cm³/mol. The number of urea groups is 1. The van der Waals surface area contributed by atoms with Crippen molar-refractivity contribution in [1.82, 2.24) is 20.8 Å². The molecule has 1 aromatic carbocycles. The molecule has 2 fully saturated rings. The highest BCUT2D eigenvalue weighted by Gasteiger charge is 2.49. The maximum Gasteiger partial charge on any atom is 0.418 e. The van der Waals surface area contributed by atoms with E-state index in [1.807, 2.05) is 0 Å². The lowest BCUT2D eigenvalue weighted by Crippen LogP contribution is -2.54. The van der Waals surface area contributed by atoms with E-state index in [-0.39, 0.29) is 31.6 Å². The van der Waals surface area contributed by atoms with Crippen molar-refractivity contribution in [1.29, 1.82) is 0 Å². The lowest BCUT2D eigenvalue weighted by Gasteiger charge is -2.29. The van der Waals surface area contributed by atoms with Crippen molar-refractivity contribution in [2.45, 2.75) is 44.3 Å². The monoisotopic (exact) mass is 485 g/mol. The van der Waals surface area contributed by atoms with E-state index in [0.29, 0.717) is 10.6 Å². The van der Waals surface area contributed by atoms with E-state index in [2.05, 4.69) is 15.1 Å². The third-order valence-electron chi connectivity index (χ3n) is 5.00. The van der Waals surface area contributed by atoms with Gasteiger partial charge in [0.1, 0.15) is 17.8 Å². The smallest absolute Gasteiger partial charge is 0.418 e. The van der Waals surface area contributed by atoms with Crippen LogP contribution in [0.15, 0.2) is 24.3 Å². The van der Waals surface area contributed by atoms with Gasteiger partial charge < -0.3 is 15.4 Å². The number of hydroxylamine groups is 2. The molecule has 0 aliphatic carbocycles. The molecule has 15 heteroatoms. The van der Waals surface area contributed by atoms with E-state index in [1.165, 1.54) is 19.1 Å². The Balaban J connectivity index is 1.49. The zero-order valence-electron chi connectivity index (χ0n) is 17.5. The zero-order chi connectivity index (χ0) is 24.3. The zero-order valence-corrected chi connectivity index (χ0v) is 18.3. The average molecular weight is 485 g/mol. The maximum atomic E-state index is 12.5. The standard InChI is InChI=1S/C18H23N5O9S/c1-10(19)17(26)31-13-5-2-11(3-6-13)8-15(24)20-21-16(25)14-7-4-12-9-22(14)18(27)23(12)32-33(28,29)30/h2-3,5-6,10,12,14H,4,7-9,19H2,1H3,(H,20,24)(H,21,25)(H,28,29,30)/t10-,12+,14-/m0/s1. The van der Waals surface area contributed by atoms with Crippen LogP contribution >= 0.6 is 0 Å². The third-order valence-corrected chi connectivity index (χ3v) is 5.35. The molecule has 0 radical (unpaired) electrons. The lowest BCUT2D eigenvalue weighted by atomic mass is 10.0. The number of piperidine rings is 1. The largest absolute Gasteiger partial charge is 0.425 e. The minimum atomic E-state index is -4.89. The average Bonchev–Trinajstić information content (AvgIpc) is 2.97. The Hall–Kier alpha value is -3.27. The lowest BCUT2D eigenvalue weighted by molar-refractivity contribution is -0.135. The Morgan fingerprint density at radius 3 is 2.48 bits per heavy atom. The van der Waals surface area contributed by atoms with E-state index < -0.39 is 52.3 Å². The molecule has 180 valence electrons. The van der Waals surface area contributed by atoms with Crippen LogP contribution in [0, 0.1) is 0 Å². The SMILES string of the molecule is C[C@H](N)C(=O)Oc1ccc(CC(=O)NNC(=O)[C@@H]2CC[C@@H]3CN2C(=O)N3OS(=O)(=O)O)cc1. The summed E-state index contributed by atoms with van der Waals surface area (Å²) < 4.78 is 40.0. The molecule has 14 nitrogen and oxygen atoms in total. The van der Waals surface area contributed by atoms with Gasteiger partial charge in [-0.05, 0) is 37.5 Å². The highest BCUT2D eigenvalue weighted by molar-refractivity contribution is 7.80. The van der Waals surface area contributed by atoms with Gasteiger partial charge in [0.05, 0.1) is 12.5 Å². The fourth-order valence-electron chi connectivity index (χ4n) is 3.43. The summed E-state index contributed by atoms with van der Waals surface area (Å²) in [6.07, 6.45) is 0.363. The minimum Gasteiger partial charge on any atom is -0.425 e. The van der Waals surface area contributed by atoms with Gasteiger partial charge in [-0.3, -0.25) is 25.0 Å². The van der Waals surface area contributed by atoms with E-state index in [9.17, 15) is 27.6 Å². The number of ether oxygens (including phenoxy) is 1. The van der Waals surface area contributed by atoms with Crippen molar-refractivity contribution in [3.8, 4) is 5.75 Å². The normalized spacial score (nSPS) is 20.9. The van der Waals surface area contributed by atoms with Crippen LogP contribution < -0.4 is 21.3 Å². The van der Waals surface area contributed by atoms with Crippen LogP contribution in [0.25, 0.3) is 0 Å². The summed E-state index contributed by atoms with van der Waals surface area (Å²) >= 11 is 0. The molecule has 0 spiro atoms. The van der Waals surface area contributed by atoms with Crippen molar-refractivity contribution < 1.29 is 41.2 Å². The summed E-state index contributed by atoms with van der Waals surface area (Å²) in [6.45, 7) is 1.52. The van der Waals surface area contributed by atoms with Crippen molar-refractivity contribution in [2.75, 3.05) is 6.54 Å². The molecule has 4 amide bonds. The molecule has 0 unspecified atom stereocenters. The molecule has 5 N–H and O–H groups in total. The molecular weight excluding hydrogens is 462 g/mol. The van der Waals surface area contributed by atoms with Gasteiger partial charge in [0.25, 0.3) is 5.91 Å². The Bertz CT molecular complexity index is 1040. The van der Waals surface area contributed by atoms with Crippen LogP contribution in [0.3, 0.4) is 0 Å². The topological polar surface area (TPSA) is 198 Å². The fourth-order valence-corrected chi connectivity index (χ4v) is 3.82. The second-order valence-electron chi connectivity index (χ2n) is 7.58. The van der Waals surface area contributed by atoms with E-state index in [4.69, 9.17) is 15.0 Å². The molecule has 1 aromatic rings. The molecule has 0 saturated carbocycles. The molecule has 3 atom stereocenters. The second kappa shape index (κ2) is 9.70. The van der Waals surface area contributed by atoms with Gasteiger partial charge in [-0.2, -0.15) is 13.5 Å². The summed E-state index contributed by atoms with van der Waals surface area (Å²) in [5, 5.41) is 0.524. The number of hydrogen-bond acceptors (Lipinski definition) is 9. The number of rotatable bonds is 7. The number of nitrogens with two attached hydrogens (primary N) is 1. The van der Waals surface area contributed by atoms with Gasteiger partial charge in [0.15, 0.2) is 0 Å². The first-order valence-electron chi connectivity index (χ1n) is 9.86. The first-order valence-corrected chi connectivity index (χ1v) is 11.2. The molecule has 2 aliphatic heterocycles. The van der Waals surface area contributed by atoms with Crippen molar-refractivity contribution in [3.05, 3.63) is 29.8 Å². The highest BCUT2D eigenvalue weighted by Crippen LogP contribution is 2.30. The Kier molecular flexibility index (Phi) is 7.16. The first-order chi connectivity index (χ1) is 15.4. The van der Waals surface area contributed by atoms with Gasteiger partial charge in [-0.25, -0.2) is 9.59 Å². The molecule has 3 rings (SSSR count). The van der Waals surface area contributed by atoms with Crippen LogP contribution in [-0.2, 0) is 35.5 Å². The predicted octanol–water partition coefficient (Wildman–Crippen LogP) is -1.37. The number of nitrogens with zero attached hydrogens (tertiary/aromatic N) is 2. The highest BCUT2D eigenvalue weighted by atomic mass is 32.3. The number of benzene rings is 1. The van der Waals surface area contributed by atoms with Gasteiger partial charge >= 0.3 is 22.4 Å². The minimum absolute atomic E-state index is 0.0280. The summed E-state index contributed by atoms with van der Waals surface area (Å²) in [5.41, 5.74) is 10.5. The maximum absolute atomic E-state index is 12.5. The van der Waals surface area contributed by atoms with Crippen LogP contribution in [0.2, 0.25) is 0 Å². The van der Waals surface area contributed by atoms with Crippen LogP contribution in [0.5, 0.6) is 5.75 Å². The summed E-state index contributed by atoms with van der Waals surface area (Å²) in [5.74, 6) is -1.53. The van der Waals surface area contributed by atoms with Gasteiger partial charge in [-0.15, -0.1) is 4.28 Å². The summed E-state index contributed by atoms with van der Waals surface area (Å²) in [7, 11) is -4.89. The van der Waals surface area contributed by atoms with Gasteiger partial charge in [0, 0.05) is 6.54 Å². The number of hydrazine groups is 1. The molecule has 0 aromatic heterocycles. The Morgan fingerprint density at radius 2 is 1.88 bits per heavy atom. The fraction of sp³-hybridized carbons (Fsp3) is 0.444. The molecular formula is C18H23N5O9S. The van der Waals surface area contributed by atoms with Crippen LogP contribution in [0.1, 0.15) is 25.3 Å². The number of fused-ring (bicyclic) bond motifs is 2.